The Labute approximate surface area is 109 Å². The lowest BCUT2D eigenvalue weighted by atomic mass is 10.0. The molecule has 2 N–H and O–H groups in total. The molecule has 0 bridgehead atoms. The molecule has 1 heterocycles. The highest BCUT2D eigenvalue weighted by molar-refractivity contribution is 7.09. The number of carboxylic acid groups (broad SMARTS) is 1. The number of aliphatic carboxylic acids is 1. The molecule has 1 unspecified atom stereocenters. The fourth-order valence-electron chi connectivity index (χ4n) is 1.18. The SMILES string of the molecule is CC(C)(C)OC(=O)NC(C)(C(=O)O)c1nccs1. The molecular weight excluding hydrogens is 256 g/mol. The van der Waals surface area contributed by atoms with Gasteiger partial charge in [-0.3, -0.25) is 5.32 Å². The van der Waals surface area contributed by atoms with Crippen LogP contribution in [0, 0.1) is 0 Å². The smallest absolute Gasteiger partial charge is 0.408 e. The predicted octanol–water partition coefficient (Wildman–Crippen LogP) is 1.97. The first-order valence-corrected chi connectivity index (χ1v) is 6.17. The maximum atomic E-state index is 11.7. The van der Waals surface area contributed by atoms with Gasteiger partial charge < -0.3 is 9.84 Å². The summed E-state index contributed by atoms with van der Waals surface area (Å²) in [4.78, 5) is 26.9. The number of aromatic nitrogens is 1. The van der Waals surface area contributed by atoms with E-state index in [0.29, 0.717) is 5.01 Å². The molecule has 0 spiro atoms. The molecule has 100 valence electrons. The second kappa shape index (κ2) is 4.93. The van der Waals surface area contributed by atoms with Crippen LogP contribution in [0.15, 0.2) is 11.6 Å². The van der Waals surface area contributed by atoms with Gasteiger partial charge in [-0.15, -0.1) is 11.3 Å². The maximum Gasteiger partial charge on any atom is 0.408 e. The van der Waals surface area contributed by atoms with E-state index in [9.17, 15) is 14.7 Å². The largest absolute Gasteiger partial charge is 0.479 e. The van der Waals surface area contributed by atoms with E-state index in [2.05, 4.69) is 10.3 Å². The van der Waals surface area contributed by atoms with E-state index in [0.717, 1.165) is 11.3 Å². The molecule has 1 rings (SSSR count). The standard InChI is InChI=1S/C11H16N2O4S/c1-10(2,3)17-9(16)13-11(4,8(14)15)7-12-5-6-18-7/h5-6H,1-4H3,(H,13,16)(H,14,15). The van der Waals surface area contributed by atoms with Crippen molar-refractivity contribution in [3.63, 3.8) is 0 Å². The van der Waals surface area contributed by atoms with Crippen molar-refractivity contribution >= 4 is 23.4 Å². The third kappa shape index (κ3) is 3.43. The number of amides is 1. The van der Waals surface area contributed by atoms with Crippen molar-refractivity contribution in [2.75, 3.05) is 0 Å². The first-order chi connectivity index (χ1) is 8.15. The third-order valence-electron chi connectivity index (χ3n) is 2.04. The lowest BCUT2D eigenvalue weighted by Crippen LogP contribution is -2.50. The Balaban J connectivity index is 2.89. The van der Waals surface area contributed by atoms with Crippen LogP contribution in [-0.4, -0.2) is 27.8 Å². The molecule has 1 aromatic rings. The minimum absolute atomic E-state index is 0.292. The van der Waals surface area contributed by atoms with Crippen LogP contribution in [0.1, 0.15) is 32.7 Å². The van der Waals surface area contributed by atoms with Gasteiger partial charge in [-0.2, -0.15) is 0 Å². The summed E-state index contributed by atoms with van der Waals surface area (Å²) in [6.07, 6.45) is 0.695. The summed E-state index contributed by atoms with van der Waals surface area (Å²) in [6.45, 7) is 6.48. The van der Waals surface area contributed by atoms with Crippen LogP contribution in [0.25, 0.3) is 0 Å². The topological polar surface area (TPSA) is 88.5 Å². The van der Waals surface area contributed by atoms with Gasteiger partial charge in [0.05, 0.1) is 0 Å². The number of carbonyl (C=O) groups excluding carboxylic acids is 1. The number of nitrogens with zero attached hydrogens (tertiary/aromatic N) is 1. The molecule has 0 saturated heterocycles. The second-order valence-corrected chi connectivity index (χ2v) is 5.79. The lowest BCUT2D eigenvalue weighted by molar-refractivity contribution is -0.144. The van der Waals surface area contributed by atoms with Crippen LogP contribution >= 0.6 is 11.3 Å². The van der Waals surface area contributed by atoms with E-state index in [4.69, 9.17) is 4.74 Å². The van der Waals surface area contributed by atoms with Crippen LogP contribution in [0.5, 0.6) is 0 Å². The van der Waals surface area contributed by atoms with Crippen molar-refractivity contribution in [1.29, 1.82) is 0 Å². The van der Waals surface area contributed by atoms with Crippen LogP contribution < -0.4 is 5.32 Å². The quantitative estimate of drug-likeness (QED) is 0.878. The Morgan fingerprint density at radius 2 is 2.00 bits per heavy atom. The van der Waals surface area contributed by atoms with Gasteiger partial charge in [0, 0.05) is 11.6 Å². The molecular formula is C11H16N2O4S. The molecule has 0 fully saturated rings. The van der Waals surface area contributed by atoms with Crippen LogP contribution in [0.4, 0.5) is 4.79 Å². The summed E-state index contributed by atoms with van der Waals surface area (Å²) in [5.74, 6) is -1.19. The van der Waals surface area contributed by atoms with Gasteiger partial charge >= 0.3 is 12.1 Å². The average Bonchev–Trinajstić information content (AvgIpc) is 2.66. The van der Waals surface area contributed by atoms with Gasteiger partial charge in [-0.05, 0) is 27.7 Å². The highest BCUT2D eigenvalue weighted by Gasteiger charge is 2.40. The lowest BCUT2D eigenvalue weighted by Gasteiger charge is -2.26. The van der Waals surface area contributed by atoms with Gasteiger partial charge in [0.2, 0.25) is 0 Å². The average molecular weight is 272 g/mol. The number of alkyl carbamates (subject to hydrolysis) is 1. The van der Waals surface area contributed by atoms with Gasteiger partial charge in [0.15, 0.2) is 5.54 Å². The van der Waals surface area contributed by atoms with Gasteiger partial charge in [-0.1, -0.05) is 0 Å². The van der Waals surface area contributed by atoms with Crippen LogP contribution in [-0.2, 0) is 15.1 Å². The minimum atomic E-state index is -1.59. The fourth-order valence-corrected chi connectivity index (χ4v) is 1.92. The molecule has 18 heavy (non-hydrogen) atoms. The minimum Gasteiger partial charge on any atom is -0.479 e. The number of hydrogen-bond acceptors (Lipinski definition) is 5. The molecule has 6 nitrogen and oxygen atoms in total. The van der Waals surface area contributed by atoms with Crippen LogP contribution in [0.2, 0.25) is 0 Å². The second-order valence-electron chi connectivity index (χ2n) is 4.89. The monoisotopic (exact) mass is 272 g/mol. The molecule has 1 aromatic heterocycles. The highest BCUT2D eigenvalue weighted by atomic mass is 32.1. The molecule has 7 heteroatoms. The number of carbonyl (C=O) groups is 2. The molecule has 1 amide bonds. The van der Waals surface area contributed by atoms with Crippen molar-refractivity contribution < 1.29 is 19.4 Å². The highest BCUT2D eigenvalue weighted by Crippen LogP contribution is 2.23. The summed E-state index contributed by atoms with van der Waals surface area (Å²) >= 11 is 1.16. The predicted molar refractivity (Wildman–Crippen MR) is 66.5 cm³/mol. The zero-order chi connectivity index (χ0) is 14.0. The summed E-state index contributed by atoms with van der Waals surface area (Å²) < 4.78 is 5.05. The number of carboxylic acids is 1. The maximum absolute atomic E-state index is 11.7. The number of rotatable bonds is 3. The fraction of sp³-hybridized carbons (Fsp3) is 0.545. The van der Waals surface area contributed by atoms with E-state index >= 15 is 0 Å². The summed E-state index contributed by atoms with van der Waals surface area (Å²) in [7, 11) is 0. The van der Waals surface area contributed by atoms with Crippen molar-refractivity contribution in [2.24, 2.45) is 0 Å². The number of nitrogens with one attached hydrogen (secondary N) is 1. The molecule has 1 atom stereocenters. The third-order valence-corrected chi connectivity index (χ3v) is 3.03. The van der Waals surface area contributed by atoms with Crippen molar-refractivity contribution in [3.8, 4) is 0 Å². The van der Waals surface area contributed by atoms with Gasteiger partial charge in [0.1, 0.15) is 10.6 Å². The Kier molecular flexibility index (Phi) is 3.95. The summed E-state index contributed by atoms with van der Waals surface area (Å²) in [6, 6.07) is 0. The number of ether oxygens (including phenoxy) is 1. The molecule has 0 aromatic carbocycles. The zero-order valence-corrected chi connectivity index (χ0v) is 11.5. The Hall–Kier alpha value is -1.63. The Bertz CT molecular complexity index is 438. The number of thiazole rings is 1. The van der Waals surface area contributed by atoms with Gasteiger partial charge in [-0.25, -0.2) is 14.6 Å². The number of hydrogen-bond donors (Lipinski definition) is 2. The van der Waals surface area contributed by atoms with Crippen molar-refractivity contribution in [3.05, 3.63) is 16.6 Å². The van der Waals surface area contributed by atoms with E-state index in [-0.39, 0.29) is 0 Å². The van der Waals surface area contributed by atoms with Crippen molar-refractivity contribution in [2.45, 2.75) is 38.8 Å². The van der Waals surface area contributed by atoms with E-state index < -0.39 is 23.2 Å². The van der Waals surface area contributed by atoms with Crippen molar-refractivity contribution in [1.82, 2.24) is 10.3 Å². The Morgan fingerprint density at radius 3 is 2.39 bits per heavy atom. The Morgan fingerprint density at radius 1 is 1.39 bits per heavy atom. The summed E-state index contributed by atoms with van der Waals surface area (Å²) in [5, 5.41) is 13.5. The normalized spacial score (nSPS) is 14.7. The zero-order valence-electron chi connectivity index (χ0n) is 10.7. The first-order valence-electron chi connectivity index (χ1n) is 5.30. The molecule has 0 aliphatic heterocycles. The first kappa shape index (κ1) is 14.4. The molecule has 0 aliphatic carbocycles. The van der Waals surface area contributed by atoms with Crippen LogP contribution in [0.3, 0.4) is 0 Å². The van der Waals surface area contributed by atoms with E-state index in [1.54, 1.807) is 26.2 Å². The van der Waals surface area contributed by atoms with Gasteiger partial charge in [0.25, 0.3) is 0 Å². The summed E-state index contributed by atoms with van der Waals surface area (Å²) in [5.41, 5.74) is -2.27. The molecule has 0 aliphatic rings. The molecule has 0 saturated carbocycles. The van der Waals surface area contributed by atoms with E-state index in [1.165, 1.54) is 13.1 Å². The van der Waals surface area contributed by atoms with E-state index in [1.807, 2.05) is 0 Å². The molecule has 0 radical (unpaired) electrons.